The Morgan fingerprint density at radius 1 is 1.26 bits per heavy atom. The highest BCUT2D eigenvalue weighted by Gasteiger charge is 2.00. The number of aliphatic imine (C=N–C) groups is 1. The molecule has 2 aromatic heterocycles. The molecule has 0 aliphatic heterocycles. The first-order chi connectivity index (χ1) is 9.38. The zero-order valence-corrected chi connectivity index (χ0v) is 10.8. The predicted molar refractivity (Wildman–Crippen MR) is 72.4 cm³/mol. The second-order valence-corrected chi connectivity index (χ2v) is 3.86. The van der Waals surface area contributed by atoms with E-state index >= 15 is 0 Å². The minimum atomic E-state index is 0.480. The second-order valence-electron chi connectivity index (χ2n) is 3.86. The summed E-state index contributed by atoms with van der Waals surface area (Å²) in [5, 5.41) is 10.2. The van der Waals surface area contributed by atoms with E-state index in [1.807, 2.05) is 25.1 Å². The molecule has 0 aromatic carbocycles. The molecule has 0 spiro atoms. The van der Waals surface area contributed by atoms with Gasteiger partial charge in [-0.05, 0) is 19.1 Å². The SMILES string of the molecule is CCNC(=NCc1ccon1)NCc1ccccn1. The standard InChI is InChI=1S/C13H17N5O/c1-2-14-13(17-10-12-6-8-19-18-12)16-9-11-5-3-4-7-15-11/h3-8H,2,9-10H2,1H3,(H2,14,16,17). The Labute approximate surface area is 111 Å². The van der Waals surface area contributed by atoms with Crippen molar-refractivity contribution in [3.05, 3.63) is 48.1 Å². The van der Waals surface area contributed by atoms with Crippen molar-refractivity contribution in [3.63, 3.8) is 0 Å². The van der Waals surface area contributed by atoms with Gasteiger partial charge in [-0.3, -0.25) is 4.98 Å². The van der Waals surface area contributed by atoms with E-state index in [1.54, 1.807) is 18.5 Å². The molecule has 0 fully saturated rings. The molecule has 0 unspecified atom stereocenters. The Morgan fingerprint density at radius 2 is 2.21 bits per heavy atom. The maximum Gasteiger partial charge on any atom is 0.191 e. The van der Waals surface area contributed by atoms with E-state index in [-0.39, 0.29) is 0 Å². The van der Waals surface area contributed by atoms with Gasteiger partial charge in [-0.1, -0.05) is 11.2 Å². The highest BCUT2D eigenvalue weighted by molar-refractivity contribution is 5.79. The summed E-state index contributed by atoms with van der Waals surface area (Å²) >= 11 is 0. The normalized spacial score (nSPS) is 11.3. The van der Waals surface area contributed by atoms with Crippen LogP contribution in [0.4, 0.5) is 0 Å². The number of hydrogen-bond acceptors (Lipinski definition) is 4. The van der Waals surface area contributed by atoms with Crippen LogP contribution >= 0.6 is 0 Å². The minimum absolute atomic E-state index is 0.480. The zero-order valence-electron chi connectivity index (χ0n) is 10.8. The quantitative estimate of drug-likeness (QED) is 0.625. The van der Waals surface area contributed by atoms with E-state index in [1.165, 1.54) is 0 Å². The number of hydrogen-bond donors (Lipinski definition) is 2. The van der Waals surface area contributed by atoms with Crippen molar-refractivity contribution >= 4 is 5.96 Å². The van der Waals surface area contributed by atoms with Crippen LogP contribution in [0.5, 0.6) is 0 Å². The molecular formula is C13H17N5O. The Kier molecular flexibility index (Phi) is 4.92. The zero-order chi connectivity index (χ0) is 13.3. The van der Waals surface area contributed by atoms with Crippen LogP contribution in [-0.4, -0.2) is 22.6 Å². The number of pyridine rings is 1. The molecule has 2 rings (SSSR count). The van der Waals surface area contributed by atoms with E-state index < -0.39 is 0 Å². The molecule has 0 radical (unpaired) electrons. The van der Waals surface area contributed by atoms with Crippen LogP contribution in [0.25, 0.3) is 0 Å². The molecule has 0 aliphatic rings. The summed E-state index contributed by atoms with van der Waals surface area (Å²) in [6.45, 7) is 3.93. The molecule has 0 saturated heterocycles. The average molecular weight is 259 g/mol. The molecule has 6 heteroatoms. The van der Waals surface area contributed by atoms with Gasteiger partial charge < -0.3 is 15.2 Å². The minimum Gasteiger partial charge on any atom is -0.364 e. The maximum absolute atomic E-state index is 4.77. The lowest BCUT2D eigenvalue weighted by Crippen LogP contribution is -2.37. The van der Waals surface area contributed by atoms with Gasteiger partial charge in [0.2, 0.25) is 0 Å². The number of rotatable bonds is 5. The number of aromatic nitrogens is 2. The van der Waals surface area contributed by atoms with Gasteiger partial charge in [-0.2, -0.15) is 0 Å². The lowest BCUT2D eigenvalue weighted by Gasteiger charge is -2.10. The monoisotopic (exact) mass is 259 g/mol. The summed E-state index contributed by atoms with van der Waals surface area (Å²) in [4.78, 5) is 8.66. The Bertz CT molecular complexity index is 495. The van der Waals surface area contributed by atoms with Crippen LogP contribution in [-0.2, 0) is 13.1 Å². The summed E-state index contributed by atoms with van der Waals surface area (Å²) in [5.74, 6) is 0.733. The number of nitrogens with zero attached hydrogens (tertiary/aromatic N) is 3. The van der Waals surface area contributed by atoms with Gasteiger partial charge in [0.25, 0.3) is 0 Å². The third kappa shape index (κ3) is 4.42. The van der Waals surface area contributed by atoms with Crippen molar-refractivity contribution in [2.24, 2.45) is 4.99 Å². The molecule has 0 bridgehead atoms. The van der Waals surface area contributed by atoms with Gasteiger partial charge in [-0.15, -0.1) is 0 Å². The molecule has 0 amide bonds. The van der Waals surface area contributed by atoms with E-state index in [9.17, 15) is 0 Å². The fourth-order valence-corrected chi connectivity index (χ4v) is 1.50. The fraction of sp³-hybridized carbons (Fsp3) is 0.308. The van der Waals surface area contributed by atoms with Gasteiger partial charge in [0.05, 0.1) is 18.8 Å². The number of nitrogens with one attached hydrogen (secondary N) is 2. The summed E-state index contributed by atoms with van der Waals surface area (Å²) in [7, 11) is 0. The summed E-state index contributed by atoms with van der Waals surface area (Å²) in [5.41, 5.74) is 1.77. The summed E-state index contributed by atoms with van der Waals surface area (Å²) in [6, 6.07) is 7.62. The predicted octanol–water partition coefficient (Wildman–Crippen LogP) is 1.32. The molecule has 0 saturated carbocycles. The van der Waals surface area contributed by atoms with Gasteiger partial charge in [0.15, 0.2) is 5.96 Å². The van der Waals surface area contributed by atoms with E-state index in [0.29, 0.717) is 13.1 Å². The third-order valence-electron chi connectivity index (χ3n) is 2.40. The van der Waals surface area contributed by atoms with Crippen molar-refractivity contribution in [2.45, 2.75) is 20.0 Å². The first kappa shape index (κ1) is 13.1. The molecule has 2 heterocycles. The average Bonchev–Trinajstić information content (AvgIpc) is 2.96. The highest BCUT2D eigenvalue weighted by atomic mass is 16.5. The smallest absolute Gasteiger partial charge is 0.191 e. The molecule has 0 aliphatic carbocycles. The van der Waals surface area contributed by atoms with Gasteiger partial charge in [-0.25, -0.2) is 4.99 Å². The first-order valence-electron chi connectivity index (χ1n) is 6.20. The molecule has 0 atom stereocenters. The van der Waals surface area contributed by atoms with E-state index in [0.717, 1.165) is 23.9 Å². The van der Waals surface area contributed by atoms with E-state index in [2.05, 4.69) is 25.8 Å². The number of guanidine groups is 1. The Morgan fingerprint density at radius 3 is 2.89 bits per heavy atom. The summed E-state index contributed by atoms with van der Waals surface area (Å²) in [6.07, 6.45) is 3.32. The van der Waals surface area contributed by atoms with Gasteiger partial charge >= 0.3 is 0 Å². The van der Waals surface area contributed by atoms with Crippen LogP contribution in [0.15, 0.2) is 46.2 Å². The molecule has 100 valence electrons. The molecule has 2 N–H and O–H groups in total. The molecular weight excluding hydrogens is 242 g/mol. The van der Waals surface area contributed by atoms with Crippen LogP contribution < -0.4 is 10.6 Å². The summed E-state index contributed by atoms with van der Waals surface area (Å²) < 4.78 is 4.77. The van der Waals surface area contributed by atoms with Crippen molar-refractivity contribution in [1.82, 2.24) is 20.8 Å². The van der Waals surface area contributed by atoms with Crippen molar-refractivity contribution in [3.8, 4) is 0 Å². The Balaban J connectivity index is 1.90. The van der Waals surface area contributed by atoms with Gasteiger partial charge in [0, 0.05) is 18.8 Å². The van der Waals surface area contributed by atoms with Crippen LogP contribution in [0.1, 0.15) is 18.3 Å². The molecule has 6 nitrogen and oxygen atoms in total. The largest absolute Gasteiger partial charge is 0.364 e. The second kappa shape index (κ2) is 7.15. The topological polar surface area (TPSA) is 75.3 Å². The lowest BCUT2D eigenvalue weighted by atomic mass is 10.3. The van der Waals surface area contributed by atoms with Gasteiger partial charge in [0.1, 0.15) is 12.0 Å². The fourth-order valence-electron chi connectivity index (χ4n) is 1.50. The molecule has 2 aromatic rings. The van der Waals surface area contributed by atoms with Crippen molar-refractivity contribution in [2.75, 3.05) is 6.54 Å². The van der Waals surface area contributed by atoms with Crippen molar-refractivity contribution in [1.29, 1.82) is 0 Å². The van der Waals surface area contributed by atoms with Crippen LogP contribution in [0, 0.1) is 0 Å². The lowest BCUT2D eigenvalue weighted by molar-refractivity contribution is 0.412. The molecule has 19 heavy (non-hydrogen) atoms. The van der Waals surface area contributed by atoms with E-state index in [4.69, 9.17) is 4.52 Å². The first-order valence-corrected chi connectivity index (χ1v) is 6.20. The highest BCUT2D eigenvalue weighted by Crippen LogP contribution is 1.97. The van der Waals surface area contributed by atoms with Crippen molar-refractivity contribution < 1.29 is 4.52 Å². The van der Waals surface area contributed by atoms with Crippen LogP contribution in [0.2, 0.25) is 0 Å². The third-order valence-corrected chi connectivity index (χ3v) is 2.40. The Hall–Kier alpha value is -2.37. The maximum atomic E-state index is 4.77. The van der Waals surface area contributed by atoms with Crippen LogP contribution in [0.3, 0.4) is 0 Å².